The third-order valence-corrected chi connectivity index (χ3v) is 6.65. The number of ether oxygens (including phenoxy) is 1. The van der Waals surface area contributed by atoms with Gasteiger partial charge in [-0.25, -0.2) is 13.9 Å². The van der Waals surface area contributed by atoms with E-state index in [9.17, 15) is 14.3 Å². The first-order valence-electron chi connectivity index (χ1n) is 9.68. The Kier molecular flexibility index (Phi) is 6.47. The quantitative estimate of drug-likeness (QED) is 0.287. The molecule has 1 N–H and O–H groups in total. The third-order valence-electron chi connectivity index (χ3n) is 5.02. The van der Waals surface area contributed by atoms with Crippen LogP contribution in [-0.4, -0.2) is 42.5 Å². The lowest BCUT2D eigenvalue weighted by molar-refractivity contribution is 0.0527. The molecule has 0 amide bonds. The van der Waals surface area contributed by atoms with Gasteiger partial charge in [0, 0.05) is 34.3 Å². The summed E-state index contributed by atoms with van der Waals surface area (Å²) in [5, 5.41) is 22.6. The van der Waals surface area contributed by atoms with Crippen molar-refractivity contribution >= 4 is 44.6 Å². The van der Waals surface area contributed by atoms with Crippen LogP contribution in [0, 0.1) is 5.82 Å². The molecule has 0 aliphatic carbocycles. The van der Waals surface area contributed by atoms with E-state index in [4.69, 9.17) is 4.74 Å². The van der Waals surface area contributed by atoms with Crippen LogP contribution < -0.4 is 0 Å². The summed E-state index contributed by atoms with van der Waals surface area (Å²) in [6.45, 7) is 2.12. The van der Waals surface area contributed by atoms with Crippen LogP contribution in [-0.2, 0) is 24.1 Å². The number of halogens is 2. The first-order valence-corrected chi connectivity index (χ1v) is 11.5. The zero-order valence-corrected chi connectivity index (χ0v) is 19.7. The van der Waals surface area contributed by atoms with Crippen molar-refractivity contribution in [3.8, 4) is 5.75 Å². The number of esters is 1. The van der Waals surface area contributed by atoms with Crippen molar-refractivity contribution in [1.29, 1.82) is 0 Å². The van der Waals surface area contributed by atoms with Crippen molar-refractivity contribution in [3.63, 3.8) is 0 Å². The number of aryl methyl sites for hydroxylation is 1. The van der Waals surface area contributed by atoms with Gasteiger partial charge in [-0.3, -0.25) is 0 Å². The number of aromatic nitrogens is 5. The van der Waals surface area contributed by atoms with Crippen LogP contribution in [0.4, 0.5) is 4.39 Å². The Morgan fingerprint density at radius 3 is 2.72 bits per heavy atom. The topological polar surface area (TPSA) is 95.1 Å². The number of rotatable bonds is 7. The molecule has 2 aromatic carbocycles. The van der Waals surface area contributed by atoms with Crippen molar-refractivity contribution in [3.05, 3.63) is 63.8 Å². The Hall–Kier alpha value is -2.92. The zero-order chi connectivity index (χ0) is 22.8. The van der Waals surface area contributed by atoms with E-state index in [1.807, 2.05) is 11.6 Å². The fourth-order valence-electron chi connectivity index (χ4n) is 3.52. The van der Waals surface area contributed by atoms with Crippen LogP contribution in [0.15, 0.2) is 46.0 Å². The van der Waals surface area contributed by atoms with Crippen LogP contribution in [0.3, 0.4) is 0 Å². The van der Waals surface area contributed by atoms with Gasteiger partial charge in [-0.1, -0.05) is 0 Å². The summed E-state index contributed by atoms with van der Waals surface area (Å²) in [5.74, 6) is -0.346. The average Bonchev–Trinajstić information content (AvgIpc) is 3.38. The number of hydrogen-bond donors (Lipinski definition) is 1. The van der Waals surface area contributed by atoms with Gasteiger partial charge in [0.15, 0.2) is 0 Å². The predicted octanol–water partition coefficient (Wildman–Crippen LogP) is 4.29. The summed E-state index contributed by atoms with van der Waals surface area (Å²) < 4.78 is 22.5. The van der Waals surface area contributed by atoms with Crippen molar-refractivity contribution < 1.29 is 19.0 Å². The number of carbonyl (C=O) groups excluding carboxylic acids is 1. The summed E-state index contributed by atoms with van der Waals surface area (Å²) in [6.07, 6.45) is 1.43. The molecule has 0 fully saturated rings. The number of tetrazole rings is 1. The smallest absolute Gasteiger partial charge is 0.340 e. The maximum atomic E-state index is 13.3. The molecule has 0 saturated heterocycles. The Morgan fingerprint density at radius 2 is 2.06 bits per heavy atom. The van der Waals surface area contributed by atoms with Gasteiger partial charge in [-0.2, -0.15) is 0 Å². The number of fused-ring (bicyclic) bond motifs is 1. The molecule has 11 heteroatoms. The molecule has 4 rings (SSSR count). The van der Waals surface area contributed by atoms with Gasteiger partial charge < -0.3 is 14.4 Å². The molecule has 0 radical (unpaired) electrons. The highest BCUT2D eigenvalue weighted by atomic mass is 79.9. The lowest BCUT2D eigenvalue weighted by atomic mass is 10.0. The third kappa shape index (κ3) is 4.22. The largest absolute Gasteiger partial charge is 0.506 e. The van der Waals surface area contributed by atoms with Gasteiger partial charge in [0.1, 0.15) is 17.9 Å². The first-order chi connectivity index (χ1) is 15.4. The minimum atomic E-state index is -0.479. The van der Waals surface area contributed by atoms with Gasteiger partial charge in [0.05, 0.1) is 28.7 Å². The van der Waals surface area contributed by atoms with Crippen molar-refractivity contribution in [2.75, 3.05) is 6.61 Å². The number of aromatic hydroxyl groups is 1. The summed E-state index contributed by atoms with van der Waals surface area (Å²) in [6, 6.07) is 7.95. The second-order valence-corrected chi connectivity index (χ2v) is 8.83. The number of benzene rings is 2. The van der Waals surface area contributed by atoms with Gasteiger partial charge in [-0.05, 0) is 63.6 Å². The van der Waals surface area contributed by atoms with E-state index in [1.165, 1.54) is 34.9 Å². The minimum Gasteiger partial charge on any atom is -0.506 e. The fraction of sp³-hybridized carbons (Fsp3) is 0.238. The van der Waals surface area contributed by atoms with E-state index in [0.29, 0.717) is 26.7 Å². The molecule has 0 atom stereocenters. The molecule has 2 heterocycles. The van der Waals surface area contributed by atoms with Gasteiger partial charge in [0.2, 0.25) is 0 Å². The van der Waals surface area contributed by atoms with E-state index in [0.717, 1.165) is 16.1 Å². The van der Waals surface area contributed by atoms with Crippen molar-refractivity contribution in [2.24, 2.45) is 7.05 Å². The molecule has 166 valence electrons. The standard InChI is InChI=1S/C21H19BrFN5O3S/c1-3-31-21(30)19-17(10-32-13-6-4-12(23)5-7-13)27(2)16-8-15(22)20(29)14(18(16)19)9-28-11-24-25-26-28/h4-8,11,29H,3,9-10H2,1-2H3. The average molecular weight is 520 g/mol. The monoisotopic (exact) mass is 519 g/mol. The summed E-state index contributed by atoms with van der Waals surface area (Å²) in [5.41, 5.74) is 2.35. The second-order valence-electron chi connectivity index (χ2n) is 6.93. The molecule has 32 heavy (non-hydrogen) atoms. The Balaban J connectivity index is 1.88. The van der Waals surface area contributed by atoms with Gasteiger partial charge in [-0.15, -0.1) is 16.9 Å². The highest BCUT2D eigenvalue weighted by molar-refractivity contribution is 9.10. The number of thioether (sulfide) groups is 1. The molecule has 0 spiro atoms. The van der Waals surface area contributed by atoms with Crippen LogP contribution in [0.2, 0.25) is 0 Å². The van der Waals surface area contributed by atoms with Crippen molar-refractivity contribution in [2.45, 2.75) is 24.1 Å². The number of nitrogens with zero attached hydrogens (tertiary/aromatic N) is 5. The first kappa shape index (κ1) is 22.3. The lowest BCUT2D eigenvalue weighted by Crippen LogP contribution is -2.09. The summed E-state index contributed by atoms with van der Waals surface area (Å²) in [4.78, 5) is 13.9. The highest BCUT2D eigenvalue weighted by Crippen LogP contribution is 2.40. The van der Waals surface area contributed by atoms with E-state index in [-0.39, 0.29) is 24.7 Å². The summed E-state index contributed by atoms with van der Waals surface area (Å²) >= 11 is 4.88. The number of hydrogen-bond acceptors (Lipinski definition) is 7. The van der Waals surface area contributed by atoms with E-state index < -0.39 is 5.97 Å². The molecule has 2 aromatic heterocycles. The maximum Gasteiger partial charge on any atom is 0.340 e. The molecular weight excluding hydrogens is 501 g/mol. The summed E-state index contributed by atoms with van der Waals surface area (Å²) in [7, 11) is 1.86. The van der Waals surface area contributed by atoms with E-state index in [2.05, 4.69) is 31.5 Å². The van der Waals surface area contributed by atoms with Crippen molar-refractivity contribution in [1.82, 2.24) is 24.8 Å². The Morgan fingerprint density at radius 1 is 1.31 bits per heavy atom. The zero-order valence-electron chi connectivity index (χ0n) is 17.2. The van der Waals surface area contributed by atoms with Gasteiger partial charge >= 0.3 is 5.97 Å². The minimum absolute atomic E-state index is 0.00175. The van der Waals surface area contributed by atoms with Crippen LogP contribution in [0.5, 0.6) is 5.75 Å². The Labute approximate surface area is 195 Å². The second kappa shape index (κ2) is 9.29. The SMILES string of the molecule is CCOC(=O)c1c(CSc2ccc(F)cc2)n(C)c2cc(Br)c(O)c(Cn3cnnn3)c12. The van der Waals surface area contributed by atoms with E-state index in [1.54, 1.807) is 25.1 Å². The molecule has 0 aliphatic rings. The molecule has 4 aromatic rings. The molecule has 0 bridgehead atoms. The van der Waals surface area contributed by atoms with Crippen LogP contribution in [0.25, 0.3) is 10.9 Å². The van der Waals surface area contributed by atoms with E-state index >= 15 is 0 Å². The maximum absolute atomic E-state index is 13.3. The molecule has 0 unspecified atom stereocenters. The molecule has 0 aliphatic heterocycles. The van der Waals surface area contributed by atoms with Crippen LogP contribution >= 0.6 is 27.7 Å². The number of carbonyl (C=O) groups is 1. The Bertz CT molecular complexity index is 1280. The lowest BCUT2D eigenvalue weighted by Gasteiger charge is -2.10. The predicted molar refractivity (Wildman–Crippen MR) is 121 cm³/mol. The number of phenolic OH excluding ortho intramolecular Hbond substituents is 1. The highest BCUT2D eigenvalue weighted by Gasteiger charge is 2.27. The van der Waals surface area contributed by atoms with Gasteiger partial charge in [0.25, 0.3) is 0 Å². The normalized spacial score (nSPS) is 11.2. The molecular formula is C21H19BrFN5O3S. The molecule has 8 nitrogen and oxygen atoms in total. The van der Waals surface area contributed by atoms with Crippen LogP contribution in [0.1, 0.15) is 28.5 Å². The fourth-order valence-corrected chi connectivity index (χ4v) is 4.95. The number of phenols is 1. The molecule has 0 saturated carbocycles.